The van der Waals surface area contributed by atoms with Gasteiger partial charge in [0.2, 0.25) is 0 Å². The number of nitriles is 1. The Labute approximate surface area is 138 Å². The molecule has 0 saturated carbocycles. The molecule has 3 heteroatoms. The summed E-state index contributed by atoms with van der Waals surface area (Å²) in [5, 5.41) is 11.9. The highest BCUT2D eigenvalue weighted by atomic mass is 16.1. The van der Waals surface area contributed by atoms with Crippen molar-refractivity contribution in [3.05, 3.63) is 64.2 Å². The maximum absolute atomic E-state index is 12.7. The molecule has 0 aromatic heterocycles. The van der Waals surface area contributed by atoms with Crippen LogP contribution in [0.4, 0.5) is 5.69 Å². The van der Waals surface area contributed by atoms with E-state index in [1.54, 1.807) is 12.1 Å². The fourth-order valence-corrected chi connectivity index (χ4v) is 2.69. The fourth-order valence-electron chi connectivity index (χ4n) is 2.69. The number of hydrogen-bond acceptors (Lipinski definition) is 2. The monoisotopic (exact) mass is 306 g/mol. The topological polar surface area (TPSA) is 52.9 Å². The first kappa shape index (κ1) is 16.8. The normalized spacial score (nSPS) is 10.2. The minimum absolute atomic E-state index is 0.0849. The van der Waals surface area contributed by atoms with E-state index in [1.807, 2.05) is 38.1 Å². The molecule has 0 aliphatic rings. The van der Waals surface area contributed by atoms with Gasteiger partial charge in [0.15, 0.2) is 0 Å². The number of nitrogens with one attached hydrogen (secondary N) is 1. The second kappa shape index (κ2) is 7.60. The molecule has 1 N–H and O–H groups in total. The molecule has 3 nitrogen and oxygen atoms in total. The van der Waals surface area contributed by atoms with Gasteiger partial charge in [0.25, 0.3) is 5.91 Å². The summed E-state index contributed by atoms with van der Waals surface area (Å²) in [6.07, 6.45) is 3.08. The number of amides is 1. The van der Waals surface area contributed by atoms with Crippen LogP contribution in [-0.2, 0) is 6.42 Å². The maximum Gasteiger partial charge on any atom is 0.256 e. The van der Waals surface area contributed by atoms with Crippen molar-refractivity contribution in [1.82, 2.24) is 0 Å². The zero-order chi connectivity index (χ0) is 16.8. The van der Waals surface area contributed by atoms with Gasteiger partial charge in [0, 0.05) is 11.3 Å². The SMILES string of the molecule is CCCCc1cccc(C)c1C(=O)Nc1ccc(C#N)c(C)c1. The highest BCUT2D eigenvalue weighted by Gasteiger charge is 2.14. The lowest BCUT2D eigenvalue weighted by molar-refractivity contribution is 0.102. The Bertz CT molecular complexity index is 757. The predicted molar refractivity (Wildman–Crippen MR) is 93.6 cm³/mol. The third kappa shape index (κ3) is 3.98. The van der Waals surface area contributed by atoms with E-state index >= 15 is 0 Å². The lowest BCUT2D eigenvalue weighted by atomic mass is 9.97. The third-order valence-corrected chi connectivity index (χ3v) is 3.99. The summed E-state index contributed by atoms with van der Waals surface area (Å²) in [7, 11) is 0. The Balaban J connectivity index is 2.27. The van der Waals surface area contributed by atoms with E-state index in [2.05, 4.69) is 18.3 Å². The van der Waals surface area contributed by atoms with Crippen LogP contribution in [0.1, 0.15) is 52.4 Å². The van der Waals surface area contributed by atoms with Crippen LogP contribution < -0.4 is 5.32 Å². The first-order valence-corrected chi connectivity index (χ1v) is 7.97. The minimum Gasteiger partial charge on any atom is -0.322 e. The van der Waals surface area contributed by atoms with E-state index in [1.165, 1.54) is 0 Å². The number of carbonyl (C=O) groups excluding carboxylic acids is 1. The van der Waals surface area contributed by atoms with Gasteiger partial charge in [0.05, 0.1) is 11.6 Å². The highest BCUT2D eigenvalue weighted by Crippen LogP contribution is 2.20. The molecule has 23 heavy (non-hydrogen) atoms. The van der Waals surface area contributed by atoms with Crippen molar-refractivity contribution in [2.45, 2.75) is 40.0 Å². The number of aryl methyl sites for hydroxylation is 3. The second-order valence-electron chi connectivity index (χ2n) is 5.81. The summed E-state index contributed by atoms with van der Waals surface area (Å²) in [5.41, 5.74) is 5.05. The Hall–Kier alpha value is -2.60. The molecule has 0 spiro atoms. The van der Waals surface area contributed by atoms with Crippen LogP contribution >= 0.6 is 0 Å². The van der Waals surface area contributed by atoms with Gasteiger partial charge in [-0.15, -0.1) is 0 Å². The highest BCUT2D eigenvalue weighted by molar-refractivity contribution is 6.06. The fraction of sp³-hybridized carbons (Fsp3) is 0.300. The summed E-state index contributed by atoms with van der Waals surface area (Å²) >= 11 is 0. The van der Waals surface area contributed by atoms with Crippen LogP contribution in [0.2, 0.25) is 0 Å². The summed E-state index contributed by atoms with van der Waals surface area (Å²) in [4.78, 5) is 12.7. The summed E-state index contributed by atoms with van der Waals surface area (Å²) in [6, 6.07) is 13.5. The zero-order valence-electron chi connectivity index (χ0n) is 13.9. The van der Waals surface area contributed by atoms with E-state index in [0.717, 1.165) is 47.2 Å². The quantitative estimate of drug-likeness (QED) is 0.865. The molecule has 2 aromatic carbocycles. The lowest BCUT2D eigenvalue weighted by Crippen LogP contribution is -2.16. The molecular formula is C20H22N2O. The van der Waals surface area contributed by atoms with E-state index in [-0.39, 0.29) is 5.91 Å². The van der Waals surface area contributed by atoms with E-state index in [9.17, 15) is 4.79 Å². The number of carbonyl (C=O) groups is 1. The van der Waals surface area contributed by atoms with Crippen LogP contribution in [0.5, 0.6) is 0 Å². The van der Waals surface area contributed by atoms with Gasteiger partial charge >= 0.3 is 0 Å². The summed E-state index contributed by atoms with van der Waals surface area (Å²) < 4.78 is 0. The Kier molecular flexibility index (Phi) is 5.54. The molecule has 1 amide bonds. The molecule has 2 rings (SSSR count). The third-order valence-electron chi connectivity index (χ3n) is 3.99. The van der Waals surface area contributed by atoms with Crippen LogP contribution in [0.15, 0.2) is 36.4 Å². The molecule has 0 aliphatic carbocycles. The molecule has 0 aliphatic heterocycles. The van der Waals surface area contributed by atoms with Crippen molar-refractivity contribution in [3.8, 4) is 6.07 Å². The van der Waals surface area contributed by atoms with Gasteiger partial charge in [-0.05, 0) is 61.6 Å². The van der Waals surface area contributed by atoms with E-state index < -0.39 is 0 Å². The number of unbranched alkanes of at least 4 members (excludes halogenated alkanes) is 1. The Morgan fingerprint density at radius 3 is 2.61 bits per heavy atom. The van der Waals surface area contributed by atoms with Crippen molar-refractivity contribution in [2.75, 3.05) is 5.32 Å². The molecule has 0 radical (unpaired) electrons. The van der Waals surface area contributed by atoms with Gasteiger partial charge in [-0.3, -0.25) is 4.79 Å². The van der Waals surface area contributed by atoms with Crippen molar-refractivity contribution in [3.63, 3.8) is 0 Å². The summed E-state index contributed by atoms with van der Waals surface area (Å²) in [5.74, 6) is -0.0849. The van der Waals surface area contributed by atoms with Gasteiger partial charge < -0.3 is 5.32 Å². The van der Waals surface area contributed by atoms with Crippen LogP contribution in [0, 0.1) is 25.2 Å². The molecular weight excluding hydrogens is 284 g/mol. The van der Waals surface area contributed by atoms with Crippen molar-refractivity contribution in [1.29, 1.82) is 5.26 Å². The molecule has 0 fully saturated rings. The smallest absolute Gasteiger partial charge is 0.256 e. The largest absolute Gasteiger partial charge is 0.322 e. The van der Waals surface area contributed by atoms with E-state index in [0.29, 0.717) is 5.56 Å². The number of benzene rings is 2. The van der Waals surface area contributed by atoms with Gasteiger partial charge in [-0.1, -0.05) is 31.5 Å². The van der Waals surface area contributed by atoms with Crippen LogP contribution in [-0.4, -0.2) is 5.91 Å². The average molecular weight is 306 g/mol. The molecule has 0 heterocycles. The Morgan fingerprint density at radius 1 is 1.17 bits per heavy atom. The van der Waals surface area contributed by atoms with Crippen molar-refractivity contribution >= 4 is 11.6 Å². The number of rotatable bonds is 5. The zero-order valence-corrected chi connectivity index (χ0v) is 13.9. The Morgan fingerprint density at radius 2 is 1.96 bits per heavy atom. The standard InChI is InChI=1S/C20H22N2O/c1-4-5-8-16-9-6-7-14(2)19(16)20(23)22-18-11-10-17(13-21)15(3)12-18/h6-7,9-12H,4-5,8H2,1-3H3,(H,22,23). The molecule has 0 atom stereocenters. The first-order valence-electron chi connectivity index (χ1n) is 7.97. The lowest BCUT2D eigenvalue weighted by Gasteiger charge is -2.13. The van der Waals surface area contributed by atoms with E-state index in [4.69, 9.17) is 5.26 Å². The van der Waals surface area contributed by atoms with Gasteiger partial charge in [-0.2, -0.15) is 5.26 Å². The van der Waals surface area contributed by atoms with Gasteiger partial charge in [0.1, 0.15) is 0 Å². The number of nitrogens with zero attached hydrogens (tertiary/aromatic N) is 1. The average Bonchev–Trinajstić information content (AvgIpc) is 2.53. The van der Waals surface area contributed by atoms with Crippen LogP contribution in [0.25, 0.3) is 0 Å². The van der Waals surface area contributed by atoms with Gasteiger partial charge in [-0.25, -0.2) is 0 Å². The van der Waals surface area contributed by atoms with Crippen molar-refractivity contribution in [2.24, 2.45) is 0 Å². The maximum atomic E-state index is 12.7. The first-order chi connectivity index (χ1) is 11.1. The minimum atomic E-state index is -0.0849. The molecule has 118 valence electrons. The number of anilines is 1. The van der Waals surface area contributed by atoms with Crippen molar-refractivity contribution < 1.29 is 4.79 Å². The second-order valence-corrected chi connectivity index (χ2v) is 5.81. The molecule has 0 unspecified atom stereocenters. The summed E-state index contributed by atoms with van der Waals surface area (Å²) in [6.45, 7) is 5.98. The molecule has 0 bridgehead atoms. The molecule has 2 aromatic rings. The molecule has 0 saturated heterocycles. The number of hydrogen-bond donors (Lipinski definition) is 1. The van der Waals surface area contributed by atoms with Crippen LogP contribution in [0.3, 0.4) is 0 Å². The predicted octanol–water partition coefficient (Wildman–Crippen LogP) is 4.77.